The number of nitrogens with two attached hydrogens (primary N) is 1. The van der Waals surface area contributed by atoms with E-state index in [1.165, 1.54) is 30.0 Å². The van der Waals surface area contributed by atoms with Crippen molar-refractivity contribution >= 4 is 40.1 Å². The fourth-order valence-corrected chi connectivity index (χ4v) is 4.10. The van der Waals surface area contributed by atoms with Gasteiger partial charge >= 0.3 is 0 Å². The first-order chi connectivity index (χ1) is 11.8. The van der Waals surface area contributed by atoms with E-state index in [1.54, 1.807) is 6.92 Å². The van der Waals surface area contributed by atoms with Crippen LogP contribution in [0.2, 0.25) is 0 Å². The van der Waals surface area contributed by atoms with Gasteiger partial charge in [0.1, 0.15) is 5.82 Å². The van der Waals surface area contributed by atoms with Crippen LogP contribution in [0.5, 0.6) is 5.75 Å². The highest BCUT2D eigenvalue weighted by atomic mass is 32.2. The number of aromatic nitrogens is 1. The van der Waals surface area contributed by atoms with E-state index in [1.807, 2.05) is 0 Å². The molecule has 1 amide bonds. The van der Waals surface area contributed by atoms with E-state index in [2.05, 4.69) is 14.7 Å². The molecule has 7 nitrogen and oxygen atoms in total. The van der Waals surface area contributed by atoms with Crippen molar-refractivity contribution in [2.45, 2.75) is 18.9 Å². The van der Waals surface area contributed by atoms with Crippen LogP contribution in [-0.2, 0) is 5.54 Å². The Kier molecular flexibility index (Phi) is 4.56. The first-order valence-corrected chi connectivity index (χ1v) is 9.10. The molecule has 0 saturated carbocycles. The molecule has 0 spiro atoms. The van der Waals surface area contributed by atoms with Crippen molar-refractivity contribution in [3.8, 4) is 5.75 Å². The first kappa shape index (κ1) is 17.5. The molecule has 1 unspecified atom stereocenters. The second kappa shape index (κ2) is 6.52. The number of amides is 1. The molecule has 2 heterocycles. The molecule has 10 heteroatoms. The number of amidine groups is 1. The van der Waals surface area contributed by atoms with Crippen molar-refractivity contribution in [3.05, 3.63) is 44.8 Å². The van der Waals surface area contributed by atoms with Gasteiger partial charge in [-0.1, -0.05) is 11.8 Å². The Morgan fingerprint density at radius 1 is 1.52 bits per heavy atom. The largest absolute Gasteiger partial charge is 0.502 e. The van der Waals surface area contributed by atoms with Crippen LogP contribution >= 0.6 is 23.3 Å². The number of benzene rings is 1. The van der Waals surface area contributed by atoms with E-state index in [-0.39, 0.29) is 5.69 Å². The summed E-state index contributed by atoms with van der Waals surface area (Å²) in [6.07, 6.45) is 0.603. The summed E-state index contributed by atoms with van der Waals surface area (Å²) in [5.74, 6) is -1.07. The Morgan fingerprint density at radius 2 is 2.28 bits per heavy atom. The van der Waals surface area contributed by atoms with Crippen LogP contribution in [0.15, 0.2) is 28.0 Å². The van der Waals surface area contributed by atoms with Crippen molar-refractivity contribution in [3.63, 3.8) is 0 Å². The lowest BCUT2D eigenvalue weighted by atomic mass is 9.89. The smallest absolute Gasteiger partial charge is 0.292 e. The highest BCUT2D eigenvalue weighted by Gasteiger charge is 2.32. The van der Waals surface area contributed by atoms with Crippen LogP contribution in [0.4, 0.5) is 10.1 Å². The average Bonchev–Trinajstić information content (AvgIpc) is 2.88. The molecule has 0 fully saturated rings. The van der Waals surface area contributed by atoms with Gasteiger partial charge < -0.3 is 16.2 Å². The average molecular weight is 382 g/mol. The van der Waals surface area contributed by atoms with Crippen LogP contribution in [0.25, 0.3) is 0 Å². The molecular weight excluding hydrogens is 367 g/mol. The molecule has 1 aromatic heterocycles. The molecule has 1 aliphatic rings. The zero-order chi connectivity index (χ0) is 18.2. The van der Waals surface area contributed by atoms with Crippen LogP contribution in [0.3, 0.4) is 0 Å². The minimum atomic E-state index is -0.820. The van der Waals surface area contributed by atoms with Gasteiger partial charge in [-0.3, -0.25) is 19.0 Å². The predicted octanol–water partition coefficient (Wildman–Crippen LogP) is 2.20. The lowest BCUT2D eigenvalue weighted by Crippen LogP contribution is -2.29. The highest BCUT2D eigenvalue weighted by molar-refractivity contribution is 8.13. The number of thioether (sulfide) groups is 1. The molecular formula is C15H15FN4O3S2. The number of nitrogens with zero attached hydrogens (tertiary/aromatic N) is 1. The van der Waals surface area contributed by atoms with E-state index in [9.17, 15) is 19.1 Å². The van der Waals surface area contributed by atoms with E-state index >= 15 is 0 Å². The maximum absolute atomic E-state index is 14.3. The molecule has 1 atom stereocenters. The zero-order valence-corrected chi connectivity index (χ0v) is 14.8. The van der Waals surface area contributed by atoms with Gasteiger partial charge in [0.15, 0.2) is 10.9 Å². The molecule has 3 rings (SSSR count). The number of halogens is 1. The molecule has 0 aliphatic carbocycles. The Balaban J connectivity index is 1.92. The van der Waals surface area contributed by atoms with Crippen molar-refractivity contribution in [2.75, 3.05) is 11.1 Å². The second-order valence-corrected chi connectivity index (χ2v) is 7.58. The third-order valence-electron chi connectivity index (χ3n) is 3.90. The summed E-state index contributed by atoms with van der Waals surface area (Å²) in [6, 6.07) is 4.12. The number of H-pyrrole nitrogens is 1. The van der Waals surface area contributed by atoms with Gasteiger partial charge in [-0.2, -0.15) is 0 Å². The fourth-order valence-electron chi connectivity index (χ4n) is 2.54. The molecule has 0 bridgehead atoms. The Labute approximate surface area is 150 Å². The molecule has 2 aromatic rings. The Hall–Kier alpha value is -2.33. The quantitative estimate of drug-likeness (QED) is 0.649. The minimum absolute atomic E-state index is 0.233. The lowest BCUT2D eigenvalue weighted by Gasteiger charge is -2.30. The normalized spacial score (nSPS) is 20.2. The molecule has 1 aromatic carbocycles. The fraction of sp³-hybridized carbons (Fsp3) is 0.267. The molecule has 132 valence electrons. The van der Waals surface area contributed by atoms with Gasteiger partial charge in [-0.15, -0.1) is 0 Å². The van der Waals surface area contributed by atoms with Gasteiger partial charge in [-0.05, 0) is 43.1 Å². The lowest BCUT2D eigenvalue weighted by molar-refractivity contribution is 0.102. The third-order valence-corrected chi connectivity index (χ3v) is 5.38. The van der Waals surface area contributed by atoms with Crippen LogP contribution < -0.4 is 15.8 Å². The number of carbonyl (C=O) groups excluding carboxylic acids is 1. The van der Waals surface area contributed by atoms with E-state index in [0.717, 1.165) is 0 Å². The van der Waals surface area contributed by atoms with Crippen molar-refractivity contribution in [1.82, 2.24) is 4.37 Å². The SMILES string of the molecule is CC1(c2cc(NC(=O)c3[nH]sc(=O)c3O)ccc2F)CCSC(N)=N1. The van der Waals surface area contributed by atoms with E-state index in [0.29, 0.717) is 40.1 Å². The standard InChI is InChI=1S/C15H15FN4O3S2/c1-15(4-5-24-14(17)19-15)8-6-7(2-3-9(8)16)18-12(22)10-11(21)13(23)25-20-10/h2-3,6,20-21H,4-5H2,1H3,(H2,17,19)(H,18,22). The first-order valence-electron chi connectivity index (χ1n) is 7.30. The van der Waals surface area contributed by atoms with Gasteiger partial charge in [0.2, 0.25) is 5.75 Å². The Bertz CT molecular complexity index is 924. The molecule has 25 heavy (non-hydrogen) atoms. The zero-order valence-electron chi connectivity index (χ0n) is 13.1. The molecule has 5 N–H and O–H groups in total. The third kappa shape index (κ3) is 3.40. The van der Waals surface area contributed by atoms with E-state index in [4.69, 9.17) is 5.73 Å². The molecule has 0 saturated heterocycles. The number of aromatic amines is 1. The summed E-state index contributed by atoms with van der Waals surface area (Å²) < 4.78 is 16.2. The molecule has 1 aliphatic heterocycles. The van der Waals surface area contributed by atoms with Crippen LogP contribution in [0, 0.1) is 5.82 Å². The van der Waals surface area contributed by atoms with Crippen molar-refractivity contribution < 1.29 is 14.3 Å². The topological polar surface area (TPSA) is 121 Å². The minimum Gasteiger partial charge on any atom is -0.502 e. The number of hydrogen-bond donors (Lipinski definition) is 4. The van der Waals surface area contributed by atoms with Crippen molar-refractivity contribution in [2.24, 2.45) is 10.7 Å². The summed E-state index contributed by atoms with van der Waals surface area (Å²) in [6.45, 7) is 1.78. The van der Waals surface area contributed by atoms with Gasteiger partial charge in [0.05, 0.1) is 5.54 Å². The summed E-state index contributed by atoms with van der Waals surface area (Å²) in [5, 5.41) is 12.5. The number of aliphatic imine (C=N–C) groups is 1. The summed E-state index contributed by atoms with van der Waals surface area (Å²) in [4.78, 5) is 27.8. The number of anilines is 1. The van der Waals surface area contributed by atoms with E-state index < -0.39 is 27.8 Å². The number of carbonyl (C=O) groups is 1. The second-order valence-electron chi connectivity index (χ2n) is 5.69. The summed E-state index contributed by atoms with van der Waals surface area (Å²) in [7, 11) is 0. The van der Waals surface area contributed by atoms with Crippen LogP contribution in [0.1, 0.15) is 29.4 Å². The maximum atomic E-state index is 14.3. The number of nitrogens with one attached hydrogen (secondary N) is 2. The molecule has 0 radical (unpaired) electrons. The van der Waals surface area contributed by atoms with Gasteiger partial charge in [0.25, 0.3) is 10.6 Å². The Morgan fingerprint density at radius 3 is 2.92 bits per heavy atom. The highest BCUT2D eigenvalue weighted by Crippen LogP contribution is 2.37. The predicted molar refractivity (Wildman–Crippen MR) is 97.0 cm³/mol. The van der Waals surface area contributed by atoms with Gasteiger partial charge in [0, 0.05) is 17.0 Å². The maximum Gasteiger partial charge on any atom is 0.292 e. The summed E-state index contributed by atoms with van der Waals surface area (Å²) in [5.41, 5.74) is 5.36. The monoisotopic (exact) mass is 382 g/mol. The number of aromatic hydroxyl groups is 1. The van der Waals surface area contributed by atoms with Crippen LogP contribution in [-0.4, -0.2) is 26.3 Å². The van der Waals surface area contributed by atoms with Gasteiger partial charge in [-0.25, -0.2) is 4.39 Å². The summed E-state index contributed by atoms with van der Waals surface area (Å²) >= 11 is 2.02. The number of rotatable bonds is 3. The number of hydrogen-bond acceptors (Lipinski definition) is 7. The van der Waals surface area contributed by atoms with Crippen molar-refractivity contribution in [1.29, 1.82) is 0 Å².